The molecule has 0 saturated heterocycles. The summed E-state index contributed by atoms with van der Waals surface area (Å²) in [4.78, 5) is 28.6. The molecule has 0 aliphatic carbocycles. The molecular weight excluding hydrogens is 439 g/mol. The highest BCUT2D eigenvalue weighted by molar-refractivity contribution is 6.03. The summed E-state index contributed by atoms with van der Waals surface area (Å²) < 4.78 is 20.4. The molecule has 2 amide bonds. The molecule has 0 bridgehead atoms. The number of hydrogen-bond donors (Lipinski definition) is 1. The number of carbonyl (C=O) groups excluding carboxylic acids is 2. The van der Waals surface area contributed by atoms with Crippen molar-refractivity contribution >= 4 is 23.4 Å². The Balaban J connectivity index is 1.70. The molecule has 1 atom stereocenters. The van der Waals surface area contributed by atoms with Gasteiger partial charge in [-0.1, -0.05) is 6.07 Å². The number of fused-ring (bicyclic) bond motifs is 1. The number of halogens is 1. The minimum atomic E-state index is -0.918. The van der Waals surface area contributed by atoms with Crippen LogP contribution in [0.4, 0.5) is 20.6 Å². The summed E-state index contributed by atoms with van der Waals surface area (Å²) in [5, 5.41) is 14.4. The molecule has 0 spiro atoms. The zero-order chi connectivity index (χ0) is 24.6. The smallest absolute Gasteiger partial charge is 0.410 e. The third kappa shape index (κ3) is 4.94. The maximum Gasteiger partial charge on any atom is 0.419 e. The summed E-state index contributed by atoms with van der Waals surface area (Å²) in [6.45, 7) is 7.31. The van der Waals surface area contributed by atoms with Crippen LogP contribution in [-0.2, 0) is 11.3 Å². The fourth-order valence-electron chi connectivity index (χ4n) is 4.11. The lowest BCUT2D eigenvalue weighted by atomic mass is 10.0. The van der Waals surface area contributed by atoms with Gasteiger partial charge >= 0.3 is 6.09 Å². The van der Waals surface area contributed by atoms with E-state index in [0.29, 0.717) is 17.9 Å². The first-order valence-corrected chi connectivity index (χ1v) is 11.0. The Bertz CT molecular complexity index is 1220. The fourth-order valence-corrected chi connectivity index (χ4v) is 4.11. The zero-order valence-corrected chi connectivity index (χ0v) is 19.5. The lowest BCUT2D eigenvalue weighted by molar-refractivity contribution is -0.117. The summed E-state index contributed by atoms with van der Waals surface area (Å²) in [6, 6.07) is 10.4. The lowest BCUT2D eigenvalue weighted by Crippen LogP contribution is -2.52. The minimum Gasteiger partial charge on any atom is -0.410 e. The second-order valence-electron chi connectivity index (χ2n) is 9.11. The molecule has 34 heavy (non-hydrogen) atoms. The molecule has 2 aromatic carbocycles. The molecule has 8 nitrogen and oxygen atoms in total. The van der Waals surface area contributed by atoms with Crippen LogP contribution in [0.15, 0.2) is 54.9 Å². The predicted molar refractivity (Wildman–Crippen MR) is 126 cm³/mol. The van der Waals surface area contributed by atoms with E-state index < -0.39 is 17.5 Å². The van der Waals surface area contributed by atoms with E-state index in [1.54, 1.807) is 35.7 Å². The Morgan fingerprint density at radius 1 is 1.15 bits per heavy atom. The van der Waals surface area contributed by atoms with E-state index in [0.717, 1.165) is 11.1 Å². The summed E-state index contributed by atoms with van der Waals surface area (Å²) in [7, 11) is 0. The van der Waals surface area contributed by atoms with Crippen molar-refractivity contribution in [1.29, 1.82) is 0 Å². The molecule has 9 heteroatoms. The van der Waals surface area contributed by atoms with Crippen LogP contribution in [0.5, 0.6) is 5.75 Å². The van der Waals surface area contributed by atoms with Gasteiger partial charge in [-0.3, -0.25) is 14.4 Å². The van der Waals surface area contributed by atoms with Crippen molar-refractivity contribution in [3.63, 3.8) is 0 Å². The van der Waals surface area contributed by atoms with E-state index in [1.165, 1.54) is 36.1 Å². The van der Waals surface area contributed by atoms with E-state index in [1.807, 2.05) is 25.3 Å². The highest BCUT2D eigenvalue weighted by atomic mass is 19.1. The van der Waals surface area contributed by atoms with Crippen molar-refractivity contribution in [1.82, 2.24) is 9.78 Å². The monoisotopic (exact) mass is 466 g/mol. The van der Waals surface area contributed by atoms with Crippen LogP contribution in [0.3, 0.4) is 0 Å². The predicted octanol–water partition coefficient (Wildman–Crippen LogP) is 4.22. The van der Waals surface area contributed by atoms with E-state index in [4.69, 9.17) is 4.74 Å². The van der Waals surface area contributed by atoms with Crippen molar-refractivity contribution in [2.75, 3.05) is 16.3 Å². The van der Waals surface area contributed by atoms with Crippen LogP contribution in [-0.4, -0.2) is 45.1 Å². The molecular formula is C25H27FN4O4. The maximum absolute atomic E-state index is 13.2. The third-order valence-corrected chi connectivity index (χ3v) is 5.51. The molecule has 1 aromatic heterocycles. The Kier molecular flexibility index (Phi) is 6.14. The molecule has 0 radical (unpaired) electrons. The van der Waals surface area contributed by atoms with Crippen LogP contribution < -0.4 is 14.5 Å². The summed E-state index contributed by atoms with van der Waals surface area (Å²) >= 11 is 0. The fraction of sp³-hybridized carbons (Fsp3) is 0.320. The number of anilines is 2. The Morgan fingerprint density at radius 3 is 2.50 bits per heavy atom. The highest BCUT2D eigenvalue weighted by Crippen LogP contribution is 2.39. The average molecular weight is 467 g/mol. The van der Waals surface area contributed by atoms with E-state index in [-0.39, 0.29) is 24.2 Å². The lowest BCUT2D eigenvalue weighted by Gasteiger charge is -2.40. The normalized spacial score (nSPS) is 15.8. The largest absolute Gasteiger partial charge is 0.419 e. The number of ether oxygens (including phenoxy) is 1. The van der Waals surface area contributed by atoms with Gasteiger partial charge in [-0.15, -0.1) is 0 Å². The minimum absolute atomic E-state index is 0.133. The van der Waals surface area contributed by atoms with Crippen LogP contribution in [0.25, 0.3) is 11.1 Å². The van der Waals surface area contributed by atoms with Gasteiger partial charge in [0.2, 0.25) is 5.91 Å². The topological polar surface area (TPSA) is 87.9 Å². The van der Waals surface area contributed by atoms with Crippen molar-refractivity contribution in [3.8, 4) is 16.9 Å². The van der Waals surface area contributed by atoms with Gasteiger partial charge in [-0.25, -0.2) is 9.18 Å². The molecule has 1 aliphatic rings. The van der Waals surface area contributed by atoms with Crippen LogP contribution in [0, 0.1) is 5.82 Å². The molecule has 0 saturated carbocycles. The third-order valence-electron chi connectivity index (χ3n) is 5.51. The van der Waals surface area contributed by atoms with Crippen molar-refractivity contribution < 1.29 is 23.8 Å². The molecule has 1 unspecified atom stereocenters. The summed E-state index contributed by atoms with van der Waals surface area (Å²) in [5.41, 5.74) is 1.78. The van der Waals surface area contributed by atoms with E-state index in [9.17, 15) is 19.1 Å². The van der Waals surface area contributed by atoms with Gasteiger partial charge in [0.15, 0.2) is 0 Å². The summed E-state index contributed by atoms with van der Waals surface area (Å²) in [6.07, 6.45) is 2.87. The molecule has 0 fully saturated rings. The first-order chi connectivity index (χ1) is 16.0. The molecule has 3 aromatic rings. The quantitative estimate of drug-likeness (QED) is 0.622. The number of aliphatic hydroxyl groups is 1. The zero-order valence-electron chi connectivity index (χ0n) is 19.5. The number of benzene rings is 2. The Hall–Kier alpha value is -3.72. The number of aromatic nitrogens is 2. The SMILES string of the molecule is CC(=O)N1c2ccc(-c3cnn(CC(C)(C)O)c3)cc2N(C(=O)Oc2ccc(F)cc2)CC1C. The van der Waals surface area contributed by atoms with Crippen molar-refractivity contribution in [2.45, 2.75) is 45.9 Å². The van der Waals surface area contributed by atoms with Crippen molar-refractivity contribution in [3.05, 3.63) is 60.7 Å². The van der Waals surface area contributed by atoms with Gasteiger partial charge in [-0.2, -0.15) is 5.10 Å². The molecule has 1 N–H and O–H groups in total. The summed E-state index contributed by atoms with van der Waals surface area (Å²) in [5.74, 6) is -0.340. The van der Waals surface area contributed by atoms with Crippen molar-refractivity contribution in [2.24, 2.45) is 0 Å². The molecule has 178 valence electrons. The van der Waals surface area contributed by atoms with Gasteiger partial charge in [0, 0.05) is 25.2 Å². The Morgan fingerprint density at radius 2 is 1.85 bits per heavy atom. The standard InChI is InChI=1S/C25H27FN4O4/c1-16-13-29(24(32)34-21-8-6-20(26)7-9-21)23-11-18(5-10-22(23)30(16)17(2)31)19-12-27-28(14-19)15-25(3,4)33/h5-12,14,16,33H,13,15H2,1-4H3. The number of carbonyl (C=O) groups is 2. The van der Waals surface area contributed by atoms with Gasteiger partial charge in [0.25, 0.3) is 0 Å². The van der Waals surface area contributed by atoms with Gasteiger partial charge in [0.1, 0.15) is 11.6 Å². The Labute approximate surface area is 197 Å². The number of rotatable bonds is 4. The van der Waals surface area contributed by atoms with Gasteiger partial charge < -0.3 is 14.7 Å². The number of nitrogens with zero attached hydrogens (tertiary/aromatic N) is 4. The van der Waals surface area contributed by atoms with E-state index >= 15 is 0 Å². The van der Waals surface area contributed by atoms with Crippen LogP contribution >= 0.6 is 0 Å². The first kappa shape index (κ1) is 23.4. The second-order valence-corrected chi connectivity index (χ2v) is 9.11. The van der Waals surface area contributed by atoms with E-state index in [2.05, 4.69) is 5.10 Å². The van der Waals surface area contributed by atoms with Crippen LogP contribution in [0.1, 0.15) is 27.7 Å². The molecule has 1 aliphatic heterocycles. The molecule has 2 heterocycles. The van der Waals surface area contributed by atoms with Gasteiger partial charge in [-0.05, 0) is 62.7 Å². The molecule has 4 rings (SSSR count). The highest BCUT2D eigenvalue weighted by Gasteiger charge is 2.35. The first-order valence-electron chi connectivity index (χ1n) is 11.0. The van der Waals surface area contributed by atoms with Gasteiger partial charge in [0.05, 0.1) is 35.8 Å². The number of hydrogen-bond acceptors (Lipinski definition) is 5. The second kappa shape index (κ2) is 8.90. The average Bonchev–Trinajstić information content (AvgIpc) is 3.20. The van der Waals surface area contributed by atoms with Crippen LogP contribution in [0.2, 0.25) is 0 Å². The maximum atomic E-state index is 13.2. The number of amides is 2.